The van der Waals surface area contributed by atoms with Gasteiger partial charge in [0, 0.05) is 18.3 Å². The van der Waals surface area contributed by atoms with Gasteiger partial charge in [-0.3, -0.25) is 4.79 Å². The molecule has 0 radical (unpaired) electrons. The molecular weight excluding hydrogens is 420 g/mol. The molecule has 4 nitrogen and oxygen atoms in total. The topological polar surface area (TPSA) is 62.1 Å². The molecular formula is C30H26N2O2. The second-order valence-corrected chi connectivity index (χ2v) is 8.23. The molecule has 0 aliphatic rings. The number of hydrogen-bond donors (Lipinski definition) is 1. The van der Waals surface area contributed by atoms with E-state index < -0.39 is 0 Å². The summed E-state index contributed by atoms with van der Waals surface area (Å²) in [4.78, 5) is 11.7. The molecule has 0 aromatic heterocycles. The predicted molar refractivity (Wildman–Crippen MR) is 136 cm³/mol. The maximum absolute atomic E-state index is 11.7. The Bertz CT molecular complexity index is 1350. The second kappa shape index (κ2) is 10.5. The van der Waals surface area contributed by atoms with Crippen molar-refractivity contribution in [1.29, 1.82) is 5.26 Å². The normalized spacial score (nSPS) is 10.4. The Balaban J connectivity index is 1.53. The molecule has 0 fully saturated rings. The third kappa shape index (κ3) is 5.16. The highest BCUT2D eigenvalue weighted by Crippen LogP contribution is 2.29. The van der Waals surface area contributed by atoms with E-state index in [1.807, 2.05) is 37.3 Å². The number of carbonyl (C=O) groups excluding carboxylic acids is 1. The molecule has 4 aromatic carbocycles. The van der Waals surface area contributed by atoms with Crippen LogP contribution in [0.5, 0.6) is 5.75 Å². The average molecular weight is 447 g/mol. The van der Waals surface area contributed by atoms with Gasteiger partial charge in [0.25, 0.3) is 0 Å². The number of aryl methyl sites for hydroxylation is 1. The Morgan fingerprint density at radius 1 is 0.941 bits per heavy atom. The van der Waals surface area contributed by atoms with Crippen molar-refractivity contribution in [3.05, 3.63) is 118 Å². The summed E-state index contributed by atoms with van der Waals surface area (Å²) in [5.41, 5.74) is 8.57. The van der Waals surface area contributed by atoms with Crippen LogP contribution in [0.15, 0.2) is 84.9 Å². The van der Waals surface area contributed by atoms with Crippen LogP contribution in [-0.4, -0.2) is 6.29 Å². The Morgan fingerprint density at radius 2 is 1.74 bits per heavy atom. The van der Waals surface area contributed by atoms with Gasteiger partial charge in [-0.25, -0.2) is 0 Å². The number of carbonyl (C=O) groups is 1. The van der Waals surface area contributed by atoms with Crippen molar-refractivity contribution in [1.82, 2.24) is 0 Å². The molecule has 1 N–H and O–H groups in total. The number of benzene rings is 4. The van der Waals surface area contributed by atoms with Crippen molar-refractivity contribution >= 4 is 12.0 Å². The first kappa shape index (κ1) is 22.8. The minimum absolute atomic E-state index is 0.275. The first-order valence-corrected chi connectivity index (χ1v) is 11.2. The highest BCUT2D eigenvalue weighted by molar-refractivity contribution is 5.83. The average Bonchev–Trinajstić information content (AvgIpc) is 2.87. The summed E-state index contributed by atoms with van der Waals surface area (Å²) in [6, 6.07) is 29.9. The van der Waals surface area contributed by atoms with Crippen LogP contribution in [0.3, 0.4) is 0 Å². The van der Waals surface area contributed by atoms with Crippen LogP contribution < -0.4 is 10.1 Å². The van der Waals surface area contributed by atoms with Gasteiger partial charge in [0.15, 0.2) is 6.29 Å². The van der Waals surface area contributed by atoms with Gasteiger partial charge in [-0.1, -0.05) is 60.7 Å². The highest BCUT2D eigenvalue weighted by atomic mass is 16.5. The summed E-state index contributed by atoms with van der Waals surface area (Å²) >= 11 is 0. The second-order valence-electron chi connectivity index (χ2n) is 8.23. The standard InChI is InChI=1S/C30H26N2O2/c1-21-14-27(16-30(29(21)19-33)34-20-24-9-6-8-23(15-24)17-31)32-18-26-12-7-13-28(22(26)2)25-10-4-3-5-11-25/h3-16,19,32H,18,20H2,1-2H3. The van der Waals surface area contributed by atoms with Crippen LogP contribution in [0.1, 0.15) is 38.2 Å². The molecule has 0 unspecified atom stereocenters. The lowest BCUT2D eigenvalue weighted by atomic mass is 9.96. The summed E-state index contributed by atoms with van der Waals surface area (Å²) in [6.45, 7) is 4.97. The lowest BCUT2D eigenvalue weighted by molar-refractivity contribution is 0.111. The number of aldehydes is 1. The number of anilines is 1. The van der Waals surface area contributed by atoms with E-state index in [1.165, 1.54) is 22.3 Å². The van der Waals surface area contributed by atoms with Crippen LogP contribution in [-0.2, 0) is 13.2 Å². The zero-order valence-electron chi connectivity index (χ0n) is 19.3. The van der Waals surface area contributed by atoms with Crippen molar-refractivity contribution in [3.63, 3.8) is 0 Å². The van der Waals surface area contributed by atoms with Crippen molar-refractivity contribution < 1.29 is 9.53 Å². The summed E-state index contributed by atoms with van der Waals surface area (Å²) in [5.74, 6) is 0.523. The van der Waals surface area contributed by atoms with E-state index >= 15 is 0 Å². The number of ether oxygens (including phenoxy) is 1. The molecule has 0 aliphatic heterocycles. The number of hydrogen-bond acceptors (Lipinski definition) is 4. The fraction of sp³-hybridized carbons (Fsp3) is 0.133. The summed E-state index contributed by atoms with van der Waals surface area (Å²) in [5, 5.41) is 12.6. The van der Waals surface area contributed by atoms with E-state index in [9.17, 15) is 4.79 Å². The summed E-state index contributed by atoms with van der Waals surface area (Å²) < 4.78 is 6.01. The van der Waals surface area contributed by atoms with Gasteiger partial charge in [0.05, 0.1) is 17.2 Å². The van der Waals surface area contributed by atoms with Gasteiger partial charge in [0.1, 0.15) is 12.4 Å². The Kier molecular flexibility index (Phi) is 7.05. The molecule has 0 amide bonds. The van der Waals surface area contributed by atoms with Gasteiger partial charge < -0.3 is 10.1 Å². The predicted octanol–water partition coefficient (Wildman–Crippen LogP) is 6.85. The van der Waals surface area contributed by atoms with E-state index in [4.69, 9.17) is 10.00 Å². The van der Waals surface area contributed by atoms with Gasteiger partial charge in [0.2, 0.25) is 0 Å². The lowest BCUT2D eigenvalue weighted by Gasteiger charge is -2.16. The molecule has 0 atom stereocenters. The van der Waals surface area contributed by atoms with Crippen molar-refractivity contribution in [2.45, 2.75) is 27.0 Å². The molecule has 0 aliphatic carbocycles. The van der Waals surface area contributed by atoms with Gasteiger partial charge in [-0.15, -0.1) is 0 Å². The molecule has 168 valence electrons. The van der Waals surface area contributed by atoms with Gasteiger partial charge in [-0.05, 0) is 65.4 Å². The molecule has 0 spiro atoms. The Hall–Kier alpha value is -4.36. The van der Waals surface area contributed by atoms with Crippen LogP contribution in [0.25, 0.3) is 11.1 Å². The SMILES string of the molecule is Cc1cc(NCc2cccc(-c3ccccc3)c2C)cc(OCc2cccc(C#N)c2)c1C=O. The fourth-order valence-corrected chi connectivity index (χ4v) is 4.03. The Morgan fingerprint density at radius 3 is 2.50 bits per heavy atom. The minimum Gasteiger partial charge on any atom is -0.488 e. The van der Waals surface area contributed by atoms with E-state index in [-0.39, 0.29) is 6.61 Å². The number of nitriles is 1. The monoisotopic (exact) mass is 446 g/mol. The van der Waals surface area contributed by atoms with Crippen LogP contribution >= 0.6 is 0 Å². The van der Waals surface area contributed by atoms with Crippen molar-refractivity contribution in [2.24, 2.45) is 0 Å². The number of nitrogens with zero attached hydrogens (tertiary/aromatic N) is 1. The number of nitrogens with one attached hydrogen (secondary N) is 1. The minimum atomic E-state index is 0.275. The quantitative estimate of drug-likeness (QED) is 0.301. The van der Waals surface area contributed by atoms with Crippen LogP contribution in [0.2, 0.25) is 0 Å². The van der Waals surface area contributed by atoms with E-state index in [2.05, 4.69) is 60.8 Å². The maximum atomic E-state index is 11.7. The molecule has 34 heavy (non-hydrogen) atoms. The molecule has 4 heteroatoms. The lowest BCUT2D eigenvalue weighted by Crippen LogP contribution is -2.05. The number of rotatable bonds is 8. The fourth-order valence-electron chi connectivity index (χ4n) is 4.03. The zero-order valence-corrected chi connectivity index (χ0v) is 19.3. The molecule has 4 rings (SSSR count). The van der Waals surface area contributed by atoms with Gasteiger partial charge >= 0.3 is 0 Å². The first-order chi connectivity index (χ1) is 16.6. The Labute approximate surface area is 200 Å². The zero-order chi connectivity index (χ0) is 23.9. The molecule has 0 heterocycles. The van der Waals surface area contributed by atoms with E-state index in [1.54, 1.807) is 12.1 Å². The third-order valence-corrected chi connectivity index (χ3v) is 5.93. The van der Waals surface area contributed by atoms with E-state index in [0.29, 0.717) is 23.4 Å². The maximum Gasteiger partial charge on any atom is 0.154 e. The summed E-state index contributed by atoms with van der Waals surface area (Å²) in [7, 11) is 0. The molecule has 0 saturated carbocycles. The highest BCUT2D eigenvalue weighted by Gasteiger charge is 2.11. The van der Waals surface area contributed by atoms with E-state index in [0.717, 1.165) is 23.1 Å². The summed E-state index contributed by atoms with van der Waals surface area (Å²) in [6.07, 6.45) is 0.827. The largest absolute Gasteiger partial charge is 0.488 e. The molecule has 0 saturated heterocycles. The first-order valence-electron chi connectivity index (χ1n) is 11.2. The van der Waals surface area contributed by atoms with Crippen molar-refractivity contribution in [3.8, 4) is 22.9 Å². The van der Waals surface area contributed by atoms with Crippen molar-refractivity contribution in [2.75, 3.05) is 5.32 Å². The smallest absolute Gasteiger partial charge is 0.154 e. The molecule has 0 bridgehead atoms. The van der Waals surface area contributed by atoms with Crippen LogP contribution in [0.4, 0.5) is 5.69 Å². The van der Waals surface area contributed by atoms with Gasteiger partial charge in [-0.2, -0.15) is 5.26 Å². The third-order valence-electron chi connectivity index (χ3n) is 5.93. The molecule has 4 aromatic rings. The van der Waals surface area contributed by atoms with Crippen LogP contribution in [0, 0.1) is 25.2 Å².